The first-order valence-corrected chi connectivity index (χ1v) is 11.8. The minimum Gasteiger partial charge on any atom is -0.372 e. The molecule has 0 spiro atoms. The smallest absolute Gasteiger partial charge is 0.224 e. The van der Waals surface area contributed by atoms with Crippen molar-refractivity contribution in [1.82, 2.24) is 0 Å². The van der Waals surface area contributed by atoms with Gasteiger partial charge >= 0.3 is 0 Å². The predicted molar refractivity (Wildman–Crippen MR) is 110 cm³/mol. The molecule has 0 N–H and O–H groups in total. The molecule has 0 aliphatic carbocycles. The molecular weight excluding hydrogens is 326 g/mol. The van der Waals surface area contributed by atoms with Gasteiger partial charge in [-0.1, -0.05) is 102 Å². The lowest BCUT2D eigenvalue weighted by Crippen LogP contribution is -2.37. The van der Waals surface area contributed by atoms with E-state index in [1.807, 2.05) is 0 Å². The van der Waals surface area contributed by atoms with E-state index in [0.717, 1.165) is 13.2 Å². The fourth-order valence-electron chi connectivity index (χ4n) is 3.30. The molecule has 0 saturated carbocycles. The number of rotatable bonds is 18. The average molecular weight is 369 g/mol. The van der Waals surface area contributed by atoms with Gasteiger partial charge in [-0.15, -0.1) is 0 Å². The summed E-state index contributed by atoms with van der Waals surface area (Å²) in [5.41, 5.74) is 2.15. The summed E-state index contributed by atoms with van der Waals surface area (Å²) in [7, 11) is 0. The Kier molecular flexibility index (Phi) is 15.4. The standard InChI is InChI=1S/C22H42NOS/c1-3-4-5-6-7-8-9-10-11-12-13-14-15-16-18-24-22(2)20-23-17-19-25-21-23/h17,19,21-22H,3-16,18,20H2,1-2H3/q+1. The van der Waals surface area contributed by atoms with Crippen LogP contribution >= 0.6 is 11.3 Å². The summed E-state index contributed by atoms with van der Waals surface area (Å²) in [5.74, 6) is 0. The topological polar surface area (TPSA) is 13.1 Å². The summed E-state index contributed by atoms with van der Waals surface area (Å²) in [6.07, 6.45) is 22.2. The van der Waals surface area contributed by atoms with Crippen molar-refractivity contribution in [1.29, 1.82) is 0 Å². The highest BCUT2D eigenvalue weighted by molar-refractivity contribution is 7.07. The third-order valence-corrected chi connectivity index (χ3v) is 5.57. The number of hydrogen-bond acceptors (Lipinski definition) is 2. The van der Waals surface area contributed by atoms with Crippen LogP contribution in [0.15, 0.2) is 17.1 Å². The lowest BCUT2D eigenvalue weighted by molar-refractivity contribution is -0.698. The molecule has 0 saturated heterocycles. The molecule has 146 valence electrons. The quantitative estimate of drug-likeness (QED) is 0.202. The largest absolute Gasteiger partial charge is 0.372 e. The molecule has 1 atom stereocenters. The molecule has 0 aliphatic heterocycles. The molecule has 1 rings (SSSR count). The molecule has 3 heteroatoms. The molecule has 25 heavy (non-hydrogen) atoms. The van der Waals surface area contributed by atoms with Crippen molar-refractivity contribution in [2.24, 2.45) is 0 Å². The van der Waals surface area contributed by atoms with Gasteiger partial charge in [-0.05, 0) is 13.3 Å². The SMILES string of the molecule is CCCCCCCCCCCCCCCCOC(C)C[n+]1ccsc1. The maximum Gasteiger partial charge on any atom is 0.224 e. The van der Waals surface area contributed by atoms with Crippen LogP contribution < -0.4 is 4.57 Å². The molecular formula is C22H42NOS+. The first kappa shape index (κ1) is 22.6. The van der Waals surface area contributed by atoms with Gasteiger partial charge in [0.1, 0.15) is 6.10 Å². The Morgan fingerprint density at radius 3 is 1.80 bits per heavy atom. The van der Waals surface area contributed by atoms with Crippen LogP contribution in [0.4, 0.5) is 0 Å². The lowest BCUT2D eigenvalue weighted by atomic mass is 10.0. The third-order valence-electron chi connectivity index (χ3n) is 4.90. The number of nitrogens with zero attached hydrogens (tertiary/aromatic N) is 1. The fraction of sp³-hybridized carbons (Fsp3) is 0.864. The maximum absolute atomic E-state index is 5.91. The zero-order valence-electron chi connectivity index (χ0n) is 16.9. The Hall–Kier alpha value is -0.410. The highest BCUT2D eigenvalue weighted by Gasteiger charge is 2.08. The van der Waals surface area contributed by atoms with E-state index in [2.05, 4.69) is 35.5 Å². The molecule has 1 heterocycles. The average Bonchev–Trinajstić information content (AvgIpc) is 3.11. The molecule has 1 unspecified atom stereocenters. The van der Waals surface area contributed by atoms with E-state index < -0.39 is 0 Å². The van der Waals surface area contributed by atoms with Gasteiger partial charge in [0.05, 0.1) is 5.38 Å². The summed E-state index contributed by atoms with van der Waals surface area (Å²) in [6, 6.07) is 0. The van der Waals surface area contributed by atoms with Gasteiger partial charge in [0.2, 0.25) is 5.51 Å². The van der Waals surface area contributed by atoms with Crippen molar-refractivity contribution >= 4 is 11.3 Å². The minimum atomic E-state index is 0.321. The molecule has 0 radical (unpaired) electrons. The van der Waals surface area contributed by atoms with Crippen LogP contribution in [0.25, 0.3) is 0 Å². The van der Waals surface area contributed by atoms with Crippen LogP contribution in [0.3, 0.4) is 0 Å². The molecule has 1 aromatic heterocycles. The van der Waals surface area contributed by atoms with E-state index in [1.54, 1.807) is 11.3 Å². The van der Waals surface area contributed by atoms with Gasteiger partial charge in [0.25, 0.3) is 0 Å². The van der Waals surface area contributed by atoms with Crippen molar-refractivity contribution in [2.75, 3.05) is 6.61 Å². The summed E-state index contributed by atoms with van der Waals surface area (Å²) in [6.45, 7) is 6.36. The van der Waals surface area contributed by atoms with Crippen molar-refractivity contribution in [3.8, 4) is 0 Å². The molecule has 1 aromatic rings. The van der Waals surface area contributed by atoms with Crippen molar-refractivity contribution < 1.29 is 9.30 Å². The molecule has 0 amide bonds. The van der Waals surface area contributed by atoms with E-state index in [4.69, 9.17) is 4.74 Å². The monoisotopic (exact) mass is 368 g/mol. The Balaban J connectivity index is 1.73. The van der Waals surface area contributed by atoms with Gasteiger partial charge in [0, 0.05) is 6.61 Å². The summed E-state index contributed by atoms with van der Waals surface area (Å²) >= 11 is 1.74. The second-order valence-corrected chi connectivity index (χ2v) is 8.26. The van der Waals surface area contributed by atoms with E-state index in [1.165, 1.54) is 89.9 Å². The molecule has 0 fully saturated rings. The van der Waals surface area contributed by atoms with Crippen molar-refractivity contribution in [3.05, 3.63) is 17.1 Å². The Morgan fingerprint density at radius 1 is 0.800 bits per heavy atom. The Bertz CT molecular complexity index is 366. The van der Waals surface area contributed by atoms with Crippen LogP contribution in [-0.2, 0) is 11.3 Å². The van der Waals surface area contributed by atoms with Gasteiger partial charge in [0.15, 0.2) is 12.7 Å². The van der Waals surface area contributed by atoms with Crippen LogP contribution in [0, 0.1) is 0 Å². The van der Waals surface area contributed by atoms with Crippen LogP contribution in [0.5, 0.6) is 0 Å². The summed E-state index contributed by atoms with van der Waals surface area (Å²) < 4.78 is 8.12. The highest BCUT2D eigenvalue weighted by Crippen LogP contribution is 2.13. The second kappa shape index (κ2) is 17.0. The maximum atomic E-state index is 5.91. The van der Waals surface area contributed by atoms with Gasteiger partial charge in [-0.25, -0.2) is 0 Å². The van der Waals surface area contributed by atoms with E-state index >= 15 is 0 Å². The Labute approximate surface area is 161 Å². The zero-order valence-corrected chi connectivity index (χ0v) is 17.7. The molecule has 0 bridgehead atoms. The third kappa shape index (κ3) is 14.4. The molecule has 2 nitrogen and oxygen atoms in total. The van der Waals surface area contributed by atoms with E-state index in [-0.39, 0.29) is 0 Å². The molecule has 0 aromatic carbocycles. The normalized spacial score (nSPS) is 12.6. The van der Waals surface area contributed by atoms with Crippen molar-refractivity contribution in [3.63, 3.8) is 0 Å². The highest BCUT2D eigenvalue weighted by atomic mass is 32.1. The number of aromatic nitrogens is 1. The predicted octanol–water partition coefficient (Wildman–Crippen LogP) is 6.92. The van der Waals surface area contributed by atoms with E-state index in [9.17, 15) is 0 Å². The van der Waals surface area contributed by atoms with E-state index in [0.29, 0.717) is 6.10 Å². The van der Waals surface area contributed by atoms with Gasteiger partial charge < -0.3 is 4.74 Å². The van der Waals surface area contributed by atoms with Crippen molar-refractivity contribution in [2.45, 2.75) is 116 Å². The van der Waals surface area contributed by atoms with Crippen LogP contribution in [0.2, 0.25) is 0 Å². The summed E-state index contributed by atoms with van der Waals surface area (Å²) in [4.78, 5) is 0. The first-order valence-electron chi connectivity index (χ1n) is 10.9. The number of hydrogen-bond donors (Lipinski definition) is 0. The second-order valence-electron chi connectivity index (χ2n) is 7.50. The number of unbranched alkanes of at least 4 members (excludes halogenated alkanes) is 13. The van der Waals surface area contributed by atoms with Crippen LogP contribution in [-0.4, -0.2) is 12.7 Å². The Morgan fingerprint density at radius 2 is 1.32 bits per heavy atom. The minimum absolute atomic E-state index is 0.321. The number of thiazole rings is 1. The van der Waals surface area contributed by atoms with Crippen LogP contribution in [0.1, 0.15) is 104 Å². The van der Waals surface area contributed by atoms with Gasteiger partial charge in [-0.2, -0.15) is 4.57 Å². The van der Waals surface area contributed by atoms with Gasteiger partial charge in [-0.3, -0.25) is 0 Å². The number of ether oxygens (including phenoxy) is 1. The first-order chi connectivity index (χ1) is 12.3. The fourth-order valence-corrected chi connectivity index (χ4v) is 3.91. The molecule has 0 aliphatic rings. The zero-order chi connectivity index (χ0) is 18.0. The summed E-state index contributed by atoms with van der Waals surface area (Å²) in [5, 5.41) is 2.11. The lowest BCUT2D eigenvalue weighted by Gasteiger charge is -2.09.